The second kappa shape index (κ2) is 4.70. The van der Waals surface area contributed by atoms with Crippen molar-refractivity contribution in [2.24, 2.45) is 0 Å². The molecule has 0 aliphatic rings. The molecule has 0 heterocycles. The average Bonchev–Trinajstić information content (AvgIpc) is 1.84. The van der Waals surface area contributed by atoms with E-state index < -0.39 is 0 Å². The number of likely N-dealkylation sites (N-methyl/N-ethyl adjacent to an activating group) is 1. The molecule has 0 fully saturated rings. The van der Waals surface area contributed by atoms with E-state index in [-0.39, 0.29) is 6.10 Å². The first kappa shape index (κ1) is 10.9. The van der Waals surface area contributed by atoms with Gasteiger partial charge in [-0.1, -0.05) is 0 Å². The first-order valence-electron chi connectivity index (χ1n) is 3.95. The lowest BCUT2D eigenvalue weighted by Gasteiger charge is -2.28. The van der Waals surface area contributed by atoms with Crippen LogP contribution in [-0.2, 0) is 4.84 Å². The van der Waals surface area contributed by atoms with Crippen molar-refractivity contribution in [3.63, 3.8) is 0 Å². The fourth-order valence-electron chi connectivity index (χ4n) is 0.840. The zero-order valence-corrected chi connectivity index (χ0v) is 8.46. The van der Waals surface area contributed by atoms with E-state index in [1.807, 2.05) is 14.1 Å². The normalized spacial score (nSPS) is 17.5. The van der Waals surface area contributed by atoms with Gasteiger partial charge in [-0.25, -0.2) is 0 Å². The molecule has 2 atom stereocenters. The summed E-state index contributed by atoms with van der Waals surface area (Å²) in [5.74, 6) is 0. The Labute approximate surface area is 69.9 Å². The molecule has 0 bridgehead atoms. The highest BCUT2D eigenvalue weighted by Crippen LogP contribution is 2.03. The number of nitrogens with zero attached hydrogens (tertiary/aromatic N) is 2. The maximum atomic E-state index is 5.46. The lowest BCUT2D eigenvalue weighted by molar-refractivity contribution is -0.173. The van der Waals surface area contributed by atoms with Crippen LogP contribution >= 0.6 is 0 Å². The van der Waals surface area contributed by atoms with E-state index in [1.54, 1.807) is 5.06 Å². The highest BCUT2D eigenvalue weighted by Gasteiger charge is 2.15. The Hall–Kier alpha value is -0.120. The van der Waals surface area contributed by atoms with Gasteiger partial charge in [-0.2, -0.15) is 5.06 Å². The lowest BCUT2D eigenvalue weighted by Crippen LogP contribution is -2.38. The largest absolute Gasteiger partial charge is 0.304 e. The minimum absolute atomic E-state index is 0.236. The Balaban J connectivity index is 3.73. The minimum Gasteiger partial charge on any atom is -0.304 e. The van der Waals surface area contributed by atoms with Gasteiger partial charge in [0.2, 0.25) is 0 Å². The molecule has 68 valence electrons. The molecule has 0 aromatic rings. The van der Waals surface area contributed by atoms with Crippen LogP contribution in [0.2, 0.25) is 0 Å². The van der Waals surface area contributed by atoms with E-state index in [0.29, 0.717) is 6.04 Å². The molecule has 0 aromatic heterocycles. The van der Waals surface area contributed by atoms with E-state index in [9.17, 15) is 0 Å². The topological polar surface area (TPSA) is 15.7 Å². The summed E-state index contributed by atoms with van der Waals surface area (Å²) in [7, 11) is 7.91. The van der Waals surface area contributed by atoms with Crippen molar-refractivity contribution >= 4 is 0 Å². The Kier molecular flexibility index (Phi) is 4.65. The zero-order chi connectivity index (χ0) is 9.02. The molecule has 3 nitrogen and oxygen atoms in total. The summed E-state index contributed by atoms with van der Waals surface area (Å²) in [6, 6.07) is 0.442. The molecule has 0 saturated carbocycles. The molecule has 0 saturated heterocycles. The van der Waals surface area contributed by atoms with Gasteiger partial charge in [-0.3, -0.25) is 4.84 Å². The predicted molar refractivity (Wildman–Crippen MR) is 47.4 cm³/mol. The van der Waals surface area contributed by atoms with Crippen LogP contribution in [0.3, 0.4) is 0 Å². The summed E-state index contributed by atoms with van der Waals surface area (Å²) in [4.78, 5) is 7.61. The van der Waals surface area contributed by atoms with Crippen LogP contribution in [0, 0.1) is 0 Å². The molecule has 0 spiro atoms. The molecule has 0 N–H and O–H groups in total. The van der Waals surface area contributed by atoms with Crippen molar-refractivity contribution in [1.29, 1.82) is 0 Å². The van der Waals surface area contributed by atoms with E-state index in [1.165, 1.54) is 0 Å². The van der Waals surface area contributed by atoms with Gasteiger partial charge in [0.1, 0.15) is 0 Å². The molecule has 11 heavy (non-hydrogen) atoms. The summed E-state index contributed by atoms with van der Waals surface area (Å²) < 4.78 is 0. The highest BCUT2D eigenvalue weighted by atomic mass is 16.7. The molecule has 0 radical (unpaired) electrons. The van der Waals surface area contributed by atoms with Gasteiger partial charge in [-0.15, -0.1) is 0 Å². The van der Waals surface area contributed by atoms with Crippen molar-refractivity contribution in [2.75, 3.05) is 28.2 Å². The second-order valence-corrected chi connectivity index (χ2v) is 3.33. The summed E-state index contributed by atoms with van der Waals surface area (Å²) >= 11 is 0. The summed E-state index contributed by atoms with van der Waals surface area (Å²) in [6.07, 6.45) is 0.236. The number of hydrogen-bond acceptors (Lipinski definition) is 3. The monoisotopic (exact) mass is 160 g/mol. The average molecular weight is 160 g/mol. The molecular weight excluding hydrogens is 140 g/mol. The van der Waals surface area contributed by atoms with Gasteiger partial charge in [-0.05, 0) is 27.9 Å². The molecule has 3 heteroatoms. The van der Waals surface area contributed by atoms with E-state index in [4.69, 9.17) is 4.84 Å². The fourth-order valence-corrected chi connectivity index (χ4v) is 0.840. The Morgan fingerprint density at radius 1 is 1.00 bits per heavy atom. The van der Waals surface area contributed by atoms with Crippen LogP contribution in [0.5, 0.6) is 0 Å². The van der Waals surface area contributed by atoms with Gasteiger partial charge in [0, 0.05) is 20.1 Å². The summed E-state index contributed by atoms with van der Waals surface area (Å²) in [5, 5.41) is 1.74. The zero-order valence-electron chi connectivity index (χ0n) is 8.46. The van der Waals surface area contributed by atoms with Crippen LogP contribution in [-0.4, -0.2) is 50.3 Å². The van der Waals surface area contributed by atoms with Crippen LogP contribution in [0.4, 0.5) is 0 Å². The molecule has 0 rings (SSSR count). The second-order valence-electron chi connectivity index (χ2n) is 3.33. The van der Waals surface area contributed by atoms with Gasteiger partial charge < -0.3 is 4.90 Å². The minimum atomic E-state index is 0.236. The van der Waals surface area contributed by atoms with E-state index in [0.717, 1.165) is 0 Å². The highest BCUT2D eigenvalue weighted by molar-refractivity contribution is 4.66. The summed E-state index contributed by atoms with van der Waals surface area (Å²) in [6.45, 7) is 4.22. The third-order valence-corrected chi connectivity index (χ3v) is 1.87. The Morgan fingerprint density at radius 2 is 1.45 bits per heavy atom. The lowest BCUT2D eigenvalue weighted by atomic mass is 10.2. The van der Waals surface area contributed by atoms with E-state index >= 15 is 0 Å². The number of hydroxylamine groups is 2. The van der Waals surface area contributed by atoms with Crippen LogP contribution in [0.1, 0.15) is 13.8 Å². The number of hydrogen-bond donors (Lipinski definition) is 0. The fraction of sp³-hybridized carbons (Fsp3) is 1.00. The van der Waals surface area contributed by atoms with Crippen molar-refractivity contribution in [3.05, 3.63) is 0 Å². The first-order chi connectivity index (χ1) is 4.95. The van der Waals surface area contributed by atoms with Crippen LogP contribution < -0.4 is 0 Å². The standard InChI is InChI=1S/C8H20N2O/c1-7(9(3)4)8(2)11-10(5)6/h7-8H,1-6H3. The predicted octanol–water partition coefficient (Wildman–Crippen LogP) is 0.818. The third-order valence-electron chi connectivity index (χ3n) is 1.87. The van der Waals surface area contributed by atoms with Crippen LogP contribution in [0.15, 0.2) is 0 Å². The van der Waals surface area contributed by atoms with E-state index in [2.05, 4.69) is 32.8 Å². The number of rotatable bonds is 4. The van der Waals surface area contributed by atoms with Gasteiger partial charge in [0.25, 0.3) is 0 Å². The van der Waals surface area contributed by atoms with Crippen molar-refractivity contribution in [2.45, 2.75) is 26.0 Å². The Morgan fingerprint density at radius 3 is 1.73 bits per heavy atom. The summed E-state index contributed by atoms with van der Waals surface area (Å²) in [5.41, 5.74) is 0. The molecule has 0 aliphatic carbocycles. The molecule has 2 unspecified atom stereocenters. The first-order valence-corrected chi connectivity index (χ1v) is 3.95. The van der Waals surface area contributed by atoms with Crippen molar-refractivity contribution < 1.29 is 4.84 Å². The van der Waals surface area contributed by atoms with Gasteiger partial charge >= 0.3 is 0 Å². The van der Waals surface area contributed by atoms with Crippen molar-refractivity contribution in [1.82, 2.24) is 9.96 Å². The maximum absolute atomic E-state index is 5.46. The van der Waals surface area contributed by atoms with Crippen LogP contribution in [0.25, 0.3) is 0 Å². The van der Waals surface area contributed by atoms with Gasteiger partial charge in [0.05, 0.1) is 6.10 Å². The quantitative estimate of drug-likeness (QED) is 0.566. The third kappa shape index (κ3) is 4.35. The SMILES string of the molecule is CC(ON(C)C)C(C)N(C)C. The Bertz CT molecular complexity index is 104. The maximum Gasteiger partial charge on any atom is 0.0916 e. The molecular formula is C8H20N2O. The van der Waals surface area contributed by atoms with Gasteiger partial charge in [0.15, 0.2) is 0 Å². The molecule has 0 amide bonds. The smallest absolute Gasteiger partial charge is 0.0916 e. The van der Waals surface area contributed by atoms with Crippen molar-refractivity contribution in [3.8, 4) is 0 Å². The molecule has 0 aromatic carbocycles. The molecule has 0 aliphatic heterocycles.